The molecule has 0 atom stereocenters. The van der Waals surface area contributed by atoms with Gasteiger partial charge in [-0.1, -0.05) is 15.9 Å². The molecule has 0 N–H and O–H groups in total. The van der Waals surface area contributed by atoms with Crippen LogP contribution >= 0.6 is 15.9 Å². The van der Waals surface area contributed by atoms with Crippen LogP contribution in [0, 0.1) is 11.3 Å². The van der Waals surface area contributed by atoms with Crippen molar-refractivity contribution in [3.05, 3.63) is 29.6 Å². The topological polar surface area (TPSA) is 36.7 Å². The minimum Gasteiger partial charge on any atom is -0.261 e. The molecule has 0 fully saturated rings. The predicted octanol–water partition coefficient (Wildman–Crippen LogP) is 1.89. The van der Waals surface area contributed by atoms with Crippen LogP contribution in [0.25, 0.3) is 0 Å². The maximum atomic E-state index is 8.54. The number of aromatic nitrogens is 1. The van der Waals surface area contributed by atoms with Crippen LogP contribution in [0.5, 0.6) is 0 Å². The lowest BCUT2D eigenvalue weighted by atomic mass is 10.2. The highest BCUT2D eigenvalue weighted by atomic mass is 79.9. The van der Waals surface area contributed by atoms with Gasteiger partial charge in [0, 0.05) is 17.2 Å². The third-order valence-electron chi connectivity index (χ3n) is 1.30. The summed E-state index contributed by atoms with van der Waals surface area (Å²) >= 11 is 3.31. The van der Waals surface area contributed by atoms with Gasteiger partial charge in [-0.05, 0) is 18.6 Å². The number of nitriles is 1. The van der Waals surface area contributed by atoms with Crippen LogP contribution in [0.15, 0.2) is 18.3 Å². The van der Waals surface area contributed by atoms with Crippen molar-refractivity contribution >= 4 is 15.9 Å². The number of aryl methyl sites for hydroxylation is 1. The molecular weight excluding hydrogens is 204 g/mol. The van der Waals surface area contributed by atoms with Crippen molar-refractivity contribution in [2.24, 2.45) is 0 Å². The smallest absolute Gasteiger partial charge is 0.0992 e. The Morgan fingerprint density at radius 3 is 3.09 bits per heavy atom. The van der Waals surface area contributed by atoms with Crippen LogP contribution in [-0.2, 0) is 6.42 Å². The summed E-state index contributed by atoms with van der Waals surface area (Å²) in [6.07, 6.45) is 2.53. The molecule has 0 unspecified atom stereocenters. The van der Waals surface area contributed by atoms with E-state index in [0.29, 0.717) is 5.56 Å². The predicted molar refractivity (Wildman–Crippen MR) is 46.5 cm³/mol. The SMILES string of the molecule is N#Cc1ccnc(CCBr)c1. The molecule has 1 aromatic rings. The summed E-state index contributed by atoms with van der Waals surface area (Å²) in [5.74, 6) is 0. The summed E-state index contributed by atoms with van der Waals surface area (Å²) in [5, 5.41) is 9.42. The zero-order valence-electron chi connectivity index (χ0n) is 5.92. The fraction of sp³-hybridized carbons (Fsp3) is 0.250. The van der Waals surface area contributed by atoms with E-state index in [2.05, 4.69) is 27.0 Å². The molecule has 0 bridgehead atoms. The van der Waals surface area contributed by atoms with Gasteiger partial charge in [0.1, 0.15) is 0 Å². The first kappa shape index (κ1) is 8.22. The van der Waals surface area contributed by atoms with Crippen LogP contribution in [0.4, 0.5) is 0 Å². The van der Waals surface area contributed by atoms with Gasteiger partial charge in [-0.25, -0.2) is 0 Å². The molecule has 1 heterocycles. The highest BCUT2D eigenvalue weighted by molar-refractivity contribution is 9.09. The minimum atomic E-state index is 0.677. The molecule has 56 valence electrons. The number of nitrogens with zero attached hydrogens (tertiary/aromatic N) is 2. The molecule has 0 aromatic carbocycles. The molecule has 0 amide bonds. The van der Waals surface area contributed by atoms with Gasteiger partial charge in [0.25, 0.3) is 0 Å². The highest BCUT2D eigenvalue weighted by Crippen LogP contribution is 2.01. The number of alkyl halides is 1. The molecule has 0 saturated heterocycles. The molecule has 0 radical (unpaired) electrons. The Hall–Kier alpha value is -0.880. The zero-order chi connectivity index (χ0) is 8.10. The molecule has 0 aliphatic carbocycles. The quantitative estimate of drug-likeness (QED) is 0.700. The first-order chi connectivity index (χ1) is 5.36. The Labute approximate surface area is 74.0 Å². The molecule has 2 nitrogen and oxygen atoms in total. The van der Waals surface area contributed by atoms with Gasteiger partial charge >= 0.3 is 0 Å². The molecule has 0 spiro atoms. The van der Waals surface area contributed by atoms with E-state index in [1.807, 2.05) is 0 Å². The van der Waals surface area contributed by atoms with E-state index in [-0.39, 0.29) is 0 Å². The van der Waals surface area contributed by atoms with Gasteiger partial charge in [0.05, 0.1) is 11.6 Å². The van der Waals surface area contributed by atoms with Crippen molar-refractivity contribution in [1.82, 2.24) is 4.98 Å². The summed E-state index contributed by atoms with van der Waals surface area (Å²) in [6, 6.07) is 5.58. The second kappa shape index (κ2) is 4.09. The summed E-state index contributed by atoms with van der Waals surface area (Å²) in [7, 11) is 0. The van der Waals surface area contributed by atoms with E-state index >= 15 is 0 Å². The second-order valence-electron chi connectivity index (χ2n) is 2.09. The lowest BCUT2D eigenvalue weighted by Gasteiger charge is -1.95. The van der Waals surface area contributed by atoms with Gasteiger partial charge < -0.3 is 0 Å². The largest absolute Gasteiger partial charge is 0.261 e. The van der Waals surface area contributed by atoms with Crippen molar-refractivity contribution in [2.45, 2.75) is 6.42 Å². The molecule has 0 aliphatic heterocycles. The van der Waals surface area contributed by atoms with E-state index in [0.717, 1.165) is 17.4 Å². The van der Waals surface area contributed by atoms with E-state index in [1.165, 1.54) is 0 Å². The number of halogens is 1. The van der Waals surface area contributed by atoms with Crippen LogP contribution < -0.4 is 0 Å². The molecule has 3 heteroatoms. The minimum absolute atomic E-state index is 0.677. The lowest BCUT2D eigenvalue weighted by molar-refractivity contribution is 1.05. The molecule has 0 aliphatic rings. The van der Waals surface area contributed by atoms with Crippen molar-refractivity contribution < 1.29 is 0 Å². The first-order valence-electron chi connectivity index (χ1n) is 3.28. The second-order valence-corrected chi connectivity index (χ2v) is 2.88. The monoisotopic (exact) mass is 210 g/mol. The van der Waals surface area contributed by atoms with Crippen LogP contribution in [-0.4, -0.2) is 10.3 Å². The lowest BCUT2D eigenvalue weighted by Crippen LogP contribution is -1.90. The number of pyridine rings is 1. The standard InChI is InChI=1S/C8H7BrN2/c9-3-1-8-5-7(6-10)2-4-11-8/h2,4-5H,1,3H2. The average molecular weight is 211 g/mol. The van der Waals surface area contributed by atoms with Gasteiger partial charge in [-0.15, -0.1) is 0 Å². The molecular formula is C8H7BrN2. The number of rotatable bonds is 2. The van der Waals surface area contributed by atoms with E-state index in [4.69, 9.17) is 5.26 Å². The summed E-state index contributed by atoms with van der Waals surface area (Å²) < 4.78 is 0. The first-order valence-corrected chi connectivity index (χ1v) is 4.40. The van der Waals surface area contributed by atoms with E-state index < -0.39 is 0 Å². The van der Waals surface area contributed by atoms with E-state index in [9.17, 15) is 0 Å². The van der Waals surface area contributed by atoms with Crippen LogP contribution in [0.2, 0.25) is 0 Å². The number of hydrogen-bond donors (Lipinski definition) is 0. The van der Waals surface area contributed by atoms with Crippen molar-refractivity contribution in [2.75, 3.05) is 5.33 Å². The third-order valence-corrected chi connectivity index (χ3v) is 1.69. The highest BCUT2D eigenvalue weighted by Gasteiger charge is 1.94. The molecule has 0 saturated carbocycles. The molecule has 1 aromatic heterocycles. The fourth-order valence-electron chi connectivity index (χ4n) is 0.781. The fourth-order valence-corrected chi connectivity index (χ4v) is 1.19. The van der Waals surface area contributed by atoms with Crippen molar-refractivity contribution in [3.63, 3.8) is 0 Å². The average Bonchev–Trinajstić information content (AvgIpc) is 2.06. The Morgan fingerprint density at radius 1 is 1.64 bits per heavy atom. The van der Waals surface area contributed by atoms with Gasteiger partial charge in [-0.2, -0.15) is 5.26 Å². The van der Waals surface area contributed by atoms with Crippen LogP contribution in [0.1, 0.15) is 11.3 Å². The maximum Gasteiger partial charge on any atom is 0.0992 e. The summed E-state index contributed by atoms with van der Waals surface area (Å²) in [4.78, 5) is 4.10. The summed E-state index contributed by atoms with van der Waals surface area (Å²) in [6.45, 7) is 0. The molecule has 11 heavy (non-hydrogen) atoms. The number of hydrogen-bond acceptors (Lipinski definition) is 2. The normalized spacial score (nSPS) is 9.09. The van der Waals surface area contributed by atoms with Crippen molar-refractivity contribution in [1.29, 1.82) is 5.26 Å². The Bertz CT molecular complexity index is 278. The Morgan fingerprint density at radius 2 is 2.45 bits per heavy atom. The Kier molecular flexibility index (Phi) is 3.06. The van der Waals surface area contributed by atoms with Gasteiger partial charge in [0.15, 0.2) is 0 Å². The van der Waals surface area contributed by atoms with Crippen LogP contribution in [0.3, 0.4) is 0 Å². The Balaban J connectivity index is 2.85. The van der Waals surface area contributed by atoms with Gasteiger partial charge in [0.2, 0.25) is 0 Å². The zero-order valence-corrected chi connectivity index (χ0v) is 7.50. The van der Waals surface area contributed by atoms with E-state index in [1.54, 1.807) is 18.3 Å². The third kappa shape index (κ3) is 2.32. The van der Waals surface area contributed by atoms with Crippen molar-refractivity contribution in [3.8, 4) is 6.07 Å². The molecule has 1 rings (SSSR count). The van der Waals surface area contributed by atoms with Gasteiger partial charge in [-0.3, -0.25) is 4.98 Å². The summed E-state index contributed by atoms with van der Waals surface area (Å²) in [5.41, 5.74) is 1.64. The maximum absolute atomic E-state index is 8.54.